The summed E-state index contributed by atoms with van der Waals surface area (Å²) >= 11 is 0. The van der Waals surface area contributed by atoms with E-state index in [4.69, 9.17) is 4.74 Å². The monoisotopic (exact) mass is 237 g/mol. The fourth-order valence-electron chi connectivity index (χ4n) is 1.64. The summed E-state index contributed by atoms with van der Waals surface area (Å²) in [5.74, 6) is -0.773. The summed E-state index contributed by atoms with van der Waals surface area (Å²) in [7, 11) is 0. The van der Waals surface area contributed by atoms with Gasteiger partial charge in [-0.2, -0.15) is 0 Å². The molecule has 0 amide bonds. The van der Waals surface area contributed by atoms with E-state index in [2.05, 4.69) is 0 Å². The third kappa shape index (κ3) is 3.27. The normalized spacial score (nSPS) is 11.9. The van der Waals surface area contributed by atoms with E-state index in [1.807, 2.05) is 6.92 Å². The molecule has 0 aromatic heterocycles. The molecule has 1 rings (SSSR count). The molecule has 5 nitrogen and oxygen atoms in total. The van der Waals surface area contributed by atoms with Crippen molar-refractivity contribution in [3.05, 3.63) is 39.9 Å². The molecule has 0 bridgehead atoms. The lowest BCUT2D eigenvalue weighted by atomic mass is 9.96. The second-order valence-electron chi connectivity index (χ2n) is 3.56. The lowest BCUT2D eigenvalue weighted by Crippen LogP contribution is -2.15. The van der Waals surface area contributed by atoms with Crippen LogP contribution in [0.2, 0.25) is 0 Å². The molecule has 0 aliphatic rings. The molecule has 17 heavy (non-hydrogen) atoms. The van der Waals surface area contributed by atoms with Gasteiger partial charge in [-0.25, -0.2) is 0 Å². The largest absolute Gasteiger partial charge is 0.466 e. The number of nitro groups is 1. The highest BCUT2D eigenvalue weighted by Crippen LogP contribution is 2.24. The first kappa shape index (κ1) is 13.2. The highest BCUT2D eigenvalue weighted by molar-refractivity contribution is 5.78. The summed E-state index contributed by atoms with van der Waals surface area (Å²) in [6.45, 7) is 3.89. The van der Waals surface area contributed by atoms with Crippen LogP contribution in [0, 0.1) is 10.1 Å². The van der Waals surface area contributed by atoms with Crippen molar-refractivity contribution in [2.45, 2.75) is 26.2 Å². The lowest BCUT2D eigenvalue weighted by molar-refractivity contribution is -0.384. The Balaban J connectivity index is 2.99. The molecule has 0 fully saturated rings. The molecule has 0 aliphatic heterocycles. The van der Waals surface area contributed by atoms with E-state index in [1.165, 1.54) is 12.1 Å². The third-order valence-electron chi connectivity index (χ3n) is 2.46. The van der Waals surface area contributed by atoms with Crippen molar-refractivity contribution in [1.29, 1.82) is 0 Å². The molecule has 0 spiro atoms. The Kier molecular flexibility index (Phi) is 4.63. The van der Waals surface area contributed by atoms with Crippen molar-refractivity contribution in [3.8, 4) is 0 Å². The quantitative estimate of drug-likeness (QED) is 0.448. The van der Waals surface area contributed by atoms with Crippen LogP contribution in [0.4, 0.5) is 5.69 Å². The highest BCUT2D eigenvalue weighted by Gasteiger charge is 2.21. The van der Waals surface area contributed by atoms with E-state index in [-0.39, 0.29) is 11.7 Å². The first-order valence-electron chi connectivity index (χ1n) is 5.51. The molecule has 1 aromatic carbocycles. The summed E-state index contributed by atoms with van der Waals surface area (Å²) < 4.78 is 4.94. The van der Waals surface area contributed by atoms with Gasteiger partial charge in [0, 0.05) is 12.1 Å². The van der Waals surface area contributed by atoms with E-state index in [0.29, 0.717) is 18.6 Å². The third-order valence-corrected chi connectivity index (χ3v) is 2.46. The summed E-state index contributed by atoms with van der Waals surface area (Å²) in [4.78, 5) is 21.8. The molecule has 1 atom stereocenters. The van der Waals surface area contributed by atoms with Gasteiger partial charge in [-0.15, -0.1) is 0 Å². The van der Waals surface area contributed by atoms with Crippen LogP contribution in [0.25, 0.3) is 0 Å². The van der Waals surface area contributed by atoms with Crippen LogP contribution in [-0.2, 0) is 9.53 Å². The Bertz CT molecular complexity index is 417. The van der Waals surface area contributed by atoms with Gasteiger partial charge in [0.25, 0.3) is 5.69 Å². The first-order valence-corrected chi connectivity index (χ1v) is 5.51. The molecular weight excluding hydrogens is 222 g/mol. The predicted octanol–water partition coefficient (Wildman–Crippen LogP) is 2.65. The van der Waals surface area contributed by atoms with Crippen LogP contribution >= 0.6 is 0 Å². The summed E-state index contributed by atoms with van der Waals surface area (Å²) in [6.07, 6.45) is 0.556. The maximum absolute atomic E-state index is 11.7. The Morgan fingerprint density at radius 3 is 2.71 bits per heavy atom. The van der Waals surface area contributed by atoms with E-state index >= 15 is 0 Å². The van der Waals surface area contributed by atoms with E-state index in [1.54, 1.807) is 19.1 Å². The number of nitro benzene ring substituents is 1. The minimum absolute atomic E-state index is 0.00903. The number of benzene rings is 1. The number of carbonyl (C=O) groups is 1. The molecule has 92 valence electrons. The standard InChI is InChI=1S/C12H15NO4/c1-3-11(12(14)17-4-2)9-6-5-7-10(8-9)13(15)16/h5-8,11H,3-4H2,1-2H3. The molecule has 0 N–H and O–H groups in total. The summed E-state index contributed by atoms with van der Waals surface area (Å²) in [5.41, 5.74) is 0.616. The fourth-order valence-corrected chi connectivity index (χ4v) is 1.64. The zero-order chi connectivity index (χ0) is 12.8. The molecule has 0 saturated heterocycles. The number of hydrogen-bond acceptors (Lipinski definition) is 4. The van der Waals surface area contributed by atoms with Gasteiger partial charge in [0.1, 0.15) is 0 Å². The Morgan fingerprint density at radius 2 is 2.18 bits per heavy atom. The summed E-state index contributed by atoms with van der Waals surface area (Å²) in [5, 5.41) is 10.6. The Morgan fingerprint density at radius 1 is 1.47 bits per heavy atom. The van der Waals surface area contributed by atoms with Gasteiger partial charge in [0.15, 0.2) is 0 Å². The van der Waals surface area contributed by atoms with Crippen molar-refractivity contribution in [1.82, 2.24) is 0 Å². The number of hydrogen-bond donors (Lipinski definition) is 0. The number of carbonyl (C=O) groups excluding carboxylic acids is 1. The SMILES string of the molecule is CCOC(=O)C(CC)c1cccc([N+](=O)[O-])c1. The van der Waals surface area contributed by atoms with Gasteiger partial charge in [-0.05, 0) is 18.9 Å². The van der Waals surface area contributed by atoms with Gasteiger partial charge in [-0.1, -0.05) is 19.1 Å². The first-order chi connectivity index (χ1) is 8.10. The summed E-state index contributed by atoms with van der Waals surface area (Å²) in [6, 6.07) is 6.11. The molecule has 1 aromatic rings. The molecule has 0 heterocycles. The second kappa shape index (κ2) is 5.98. The zero-order valence-corrected chi connectivity index (χ0v) is 9.88. The van der Waals surface area contributed by atoms with Crippen LogP contribution in [0.15, 0.2) is 24.3 Å². The van der Waals surface area contributed by atoms with Gasteiger partial charge in [-0.3, -0.25) is 14.9 Å². The maximum Gasteiger partial charge on any atom is 0.313 e. The highest BCUT2D eigenvalue weighted by atomic mass is 16.6. The van der Waals surface area contributed by atoms with Crippen molar-refractivity contribution in [2.24, 2.45) is 0 Å². The molecule has 1 unspecified atom stereocenters. The predicted molar refractivity (Wildman–Crippen MR) is 62.8 cm³/mol. The average molecular weight is 237 g/mol. The molecule has 0 saturated carbocycles. The van der Waals surface area contributed by atoms with Gasteiger partial charge >= 0.3 is 5.97 Å². The Hall–Kier alpha value is -1.91. The number of ether oxygens (including phenoxy) is 1. The van der Waals surface area contributed by atoms with E-state index < -0.39 is 10.8 Å². The number of rotatable bonds is 5. The van der Waals surface area contributed by atoms with Gasteiger partial charge in [0.05, 0.1) is 17.4 Å². The van der Waals surface area contributed by atoms with Crippen molar-refractivity contribution in [2.75, 3.05) is 6.61 Å². The average Bonchev–Trinajstić information content (AvgIpc) is 2.30. The maximum atomic E-state index is 11.7. The van der Waals surface area contributed by atoms with Crippen LogP contribution < -0.4 is 0 Å². The number of non-ortho nitro benzene ring substituents is 1. The van der Waals surface area contributed by atoms with E-state index in [9.17, 15) is 14.9 Å². The topological polar surface area (TPSA) is 69.4 Å². The molecule has 0 aliphatic carbocycles. The van der Waals surface area contributed by atoms with Crippen molar-refractivity contribution < 1.29 is 14.5 Å². The minimum Gasteiger partial charge on any atom is -0.466 e. The van der Waals surface area contributed by atoms with Crippen LogP contribution in [-0.4, -0.2) is 17.5 Å². The van der Waals surface area contributed by atoms with Crippen LogP contribution in [0.5, 0.6) is 0 Å². The second-order valence-corrected chi connectivity index (χ2v) is 3.56. The van der Waals surface area contributed by atoms with Crippen molar-refractivity contribution >= 4 is 11.7 Å². The molecule has 5 heteroatoms. The molecule has 0 radical (unpaired) electrons. The minimum atomic E-state index is -0.471. The fraction of sp³-hybridized carbons (Fsp3) is 0.417. The Labute approximate surface area is 99.5 Å². The number of nitrogens with zero attached hydrogens (tertiary/aromatic N) is 1. The van der Waals surface area contributed by atoms with Gasteiger partial charge < -0.3 is 4.74 Å². The molecular formula is C12H15NO4. The lowest BCUT2D eigenvalue weighted by Gasteiger charge is -2.13. The zero-order valence-electron chi connectivity index (χ0n) is 9.88. The van der Waals surface area contributed by atoms with Crippen molar-refractivity contribution in [3.63, 3.8) is 0 Å². The van der Waals surface area contributed by atoms with Crippen LogP contribution in [0.1, 0.15) is 31.7 Å². The van der Waals surface area contributed by atoms with Crippen LogP contribution in [0.3, 0.4) is 0 Å². The number of esters is 1. The van der Waals surface area contributed by atoms with Gasteiger partial charge in [0.2, 0.25) is 0 Å². The van der Waals surface area contributed by atoms with E-state index in [0.717, 1.165) is 0 Å². The smallest absolute Gasteiger partial charge is 0.313 e.